The number of esters is 4. The maximum Gasteiger partial charge on any atom is 0.472 e. The van der Waals surface area contributed by atoms with Gasteiger partial charge < -0.3 is 33.8 Å². The molecular formula is C72H140O17P2. The predicted octanol–water partition coefficient (Wildman–Crippen LogP) is 20.6. The Morgan fingerprint density at radius 2 is 0.505 bits per heavy atom. The summed E-state index contributed by atoms with van der Waals surface area (Å²) >= 11 is 0. The minimum absolute atomic E-state index is 0.106. The number of phosphoric acid groups is 2. The molecule has 0 rings (SSSR count). The molecule has 19 heteroatoms. The van der Waals surface area contributed by atoms with E-state index < -0.39 is 97.5 Å². The van der Waals surface area contributed by atoms with Crippen LogP contribution < -0.4 is 0 Å². The topological polar surface area (TPSA) is 237 Å². The number of ether oxygens (including phenoxy) is 4. The smallest absolute Gasteiger partial charge is 0.462 e. The van der Waals surface area contributed by atoms with Gasteiger partial charge in [-0.2, -0.15) is 0 Å². The molecule has 0 spiro atoms. The highest BCUT2D eigenvalue weighted by molar-refractivity contribution is 7.47. The Morgan fingerprint density at radius 1 is 0.297 bits per heavy atom. The number of aliphatic hydroxyl groups excluding tert-OH is 1. The van der Waals surface area contributed by atoms with Gasteiger partial charge >= 0.3 is 39.5 Å². The number of aliphatic hydroxyl groups is 1. The van der Waals surface area contributed by atoms with Gasteiger partial charge in [-0.1, -0.05) is 312 Å². The van der Waals surface area contributed by atoms with Crippen LogP contribution in [-0.4, -0.2) is 96.7 Å². The summed E-state index contributed by atoms with van der Waals surface area (Å²) in [6, 6.07) is 0. The zero-order valence-electron chi connectivity index (χ0n) is 59.3. The third-order valence-electron chi connectivity index (χ3n) is 16.6. The van der Waals surface area contributed by atoms with Crippen molar-refractivity contribution in [3.05, 3.63) is 0 Å². The van der Waals surface area contributed by atoms with Crippen LogP contribution in [0.15, 0.2) is 0 Å². The summed E-state index contributed by atoms with van der Waals surface area (Å²) in [5.74, 6) is 0.188. The summed E-state index contributed by atoms with van der Waals surface area (Å²) in [4.78, 5) is 72.6. The van der Waals surface area contributed by atoms with E-state index in [0.29, 0.717) is 25.7 Å². The van der Waals surface area contributed by atoms with Gasteiger partial charge in [0, 0.05) is 25.7 Å². The quantitative estimate of drug-likeness (QED) is 0.0222. The van der Waals surface area contributed by atoms with Crippen LogP contribution >= 0.6 is 15.6 Å². The van der Waals surface area contributed by atoms with Gasteiger partial charge in [0.25, 0.3) is 0 Å². The van der Waals surface area contributed by atoms with Crippen molar-refractivity contribution < 1.29 is 80.2 Å². The first-order valence-electron chi connectivity index (χ1n) is 37.3. The Kier molecular flexibility index (Phi) is 61.5. The summed E-state index contributed by atoms with van der Waals surface area (Å²) in [6.45, 7) is 11.9. The van der Waals surface area contributed by atoms with Crippen LogP contribution in [0.2, 0.25) is 0 Å². The monoisotopic (exact) mass is 1340 g/mol. The molecule has 0 fully saturated rings. The van der Waals surface area contributed by atoms with Crippen molar-refractivity contribution in [3.8, 4) is 0 Å². The molecule has 0 amide bonds. The first-order valence-corrected chi connectivity index (χ1v) is 40.3. The Labute approximate surface area is 556 Å². The molecule has 0 bridgehead atoms. The summed E-state index contributed by atoms with van der Waals surface area (Å²) in [5, 5.41) is 10.6. The predicted molar refractivity (Wildman–Crippen MR) is 368 cm³/mol. The van der Waals surface area contributed by atoms with E-state index in [9.17, 15) is 43.2 Å². The largest absolute Gasteiger partial charge is 0.472 e. The molecule has 0 saturated carbocycles. The number of hydrogen-bond donors (Lipinski definition) is 3. The molecule has 0 aromatic rings. The van der Waals surface area contributed by atoms with Crippen molar-refractivity contribution in [2.24, 2.45) is 17.8 Å². The van der Waals surface area contributed by atoms with Crippen molar-refractivity contribution in [2.45, 2.75) is 381 Å². The molecule has 0 heterocycles. The van der Waals surface area contributed by atoms with E-state index in [-0.39, 0.29) is 25.7 Å². The normalized spacial score (nSPS) is 14.2. The van der Waals surface area contributed by atoms with Gasteiger partial charge in [0.05, 0.1) is 26.4 Å². The van der Waals surface area contributed by atoms with Crippen LogP contribution in [0.5, 0.6) is 0 Å². The second-order valence-electron chi connectivity index (χ2n) is 27.4. The molecule has 2 unspecified atom stereocenters. The van der Waals surface area contributed by atoms with Crippen LogP contribution in [0.4, 0.5) is 0 Å². The number of carbonyl (C=O) groups is 4. The maximum absolute atomic E-state index is 13.0. The van der Waals surface area contributed by atoms with Crippen molar-refractivity contribution in [1.82, 2.24) is 0 Å². The fraction of sp³-hybridized carbons (Fsp3) is 0.944. The van der Waals surface area contributed by atoms with E-state index in [1.54, 1.807) is 0 Å². The molecule has 0 aliphatic carbocycles. The fourth-order valence-electron chi connectivity index (χ4n) is 10.9. The highest BCUT2D eigenvalue weighted by Gasteiger charge is 2.30. The molecule has 3 N–H and O–H groups in total. The van der Waals surface area contributed by atoms with E-state index in [4.69, 9.17) is 37.0 Å². The molecule has 17 nitrogen and oxygen atoms in total. The average Bonchev–Trinajstić information content (AvgIpc) is 3.42. The van der Waals surface area contributed by atoms with E-state index >= 15 is 0 Å². The minimum Gasteiger partial charge on any atom is -0.462 e. The van der Waals surface area contributed by atoms with Gasteiger partial charge in [0.1, 0.15) is 19.3 Å². The minimum atomic E-state index is -4.95. The maximum atomic E-state index is 13.0. The molecule has 0 radical (unpaired) electrons. The van der Waals surface area contributed by atoms with Gasteiger partial charge in [-0.05, 0) is 43.4 Å². The lowest BCUT2D eigenvalue weighted by Gasteiger charge is -2.21. The summed E-state index contributed by atoms with van der Waals surface area (Å²) < 4.78 is 68.3. The van der Waals surface area contributed by atoms with Crippen molar-refractivity contribution in [2.75, 3.05) is 39.6 Å². The SMILES string of the molecule is CCCCCCCCCCC(=O)OC[C@H](COP(=O)(O)OC[C@H](O)COP(=O)(O)OC[C@@H](COC(=O)CCCCCCCCCCCCCC(C)C)OC(=O)CCCCCCCCCCCCCCC(C)C)OC(=O)CCCCCCCCCCCCCC(C)C. The third-order valence-corrected chi connectivity index (χ3v) is 18.5. The number of carbonyl (C=O) groups excluding carboxylic acids is 4. The first-order chi connectivity index (χ1) is 43.7. The van der Waals surface area contributed by atoms with E-state index in [0.717, 1.165) is 114 Å². The lowest BCUT2D eigenvalue weighted by atomic mass is 10.0. The van der Waals surface area contributed by atoms with Gasteiger partial charge in [0.15, 0.2) is 12.2 Å². The van der Waals surface area contributed by atoms with Crippen LogP contribution in [0.3, 0.4) is 0 Å². The van der Waals surface area contributed by atoms with Crippen LogP contribution in [0.25, 0.3) is 0 Å². The third kappa shape index (κ3) is 66.5. The molecule has 5 atom stereocenters. The Morgan fingerprint density at radius 3 is 0.747 bits per heavy atom. The van der Waals surface area contributed by atoms with Crippen molar-refractivity contribution >= 4 is 39.5 Å². The summed E-state index contributed by atoms with van der Waals surface area (Å²) in [5.41, 5.74) is 0. The molecule has 0 aliphatic rings. The highest BCUT2D eigenvalue weighted by atomic mass is 31.2. The second-order valence-corrected chi connectivity index (χ2v) is 30.3. The number of rotatable bonds is 70. The van der Waals surface area contributed by atoms with Gasteiger partial charge in [-0.15, -0.1) is 0 Å². The molecule has 0 saturated heterocycles. The van der Waals surface area contributed by atoms with E-state index in [2.05, 4.69) is 48.5 Å². The first kappa shape index (κ1) is 89.1. The lowest BCUT2D eigenvalue weighted by Crippen LogP contribution is -2.30. The summed E-state index contributed by atoms with van der Waals surface area (Å²) in [7, 11) is -9.90. The molecular weight excluding hydrogens is 1200 g/mol. The Hall–Kier alpha value is -1.94. The second kappa shape index (κ2) is 62.8. The zero-order chi connectivity index (χ0) is 67.3. The fourth-order valence-corrected chi connectivity index (χ4v) is 12.5. The van der Waals surface area contributed by atoms with Crippen molar-refractivity contribution in [1.29, 1.82) is 0 Å². The standard InChI is InChI=1S/C72H140O17P2/c1-8-9-10-11-12-32-39-46-53-69(74)82-59-67(88-72(77)56-49-42-35-28-22-16-19-25-31-38-45-52-65(6)7)61-86-90(78,79)84-57-66(73)58-85-91(80,81)87-62-68(60-83-70(75)54-47-40-33-26-21-15-18-24-30-37-44-51-64(4)5)89-71(76)55-48-41-34-27-20-14-13-17-23-29-36-43-50-63(2)3/h63-68,73H,8-62H2,1-7H3,(H,78,79)(H,80,81)/t66-,67+,68+/m0/s1. The Bertz CT molecular complexity index is 1780. The van der Waals surface area contributed by atoms with Gasteiger partial charge in [-0.25, -0.2) is 9.13 Å². The van der Waals surface area contributed by atoms with E-state index in [1.807, 2.05) is 0 Å². The van der Waals surface area contributed by atoms with Crippen LogP contribution in [0, 0.1) is 17.8 Å². The summed E-state index contributed by atoms with van der Waals surface area (Å²) in [6.07, 6.45) is 47.1. The number of hydrogen-bond acceptors (Lipinski definition) is 15. The molecule has 0 aromatic heterocycles. The molecule has 0 aromatic carbocycles. The van der Waals surface area contributed by atoms with Crippen molar-refractivity contribution in [3.63, 3.8) is 0 Å². The molecule has 0 aliphatic heterocycles. The zero-order valence-corrected chi connectivity index (χ0v) is 61.1. The average molecular weight is 1340 g/mol. The van der Waals surface area contributed by atoms with Gasteiger partial charge in [-0.3, -0.25) is 37.3 Å². The van der Waals surface area contributed by atoms with Crippen LogP contribution in [-0.2, 0) is 65.4 Å². The molecule has 91 heavy (non-hydrogen) atoms. The lowest BCUT2D eigenvalue weighted by molar-refractivity contribution is -0.161. The molecule has 540 valence electrons. The van der Waals surface area contributed by atoms with Crippen LogP contribution in [0.1, 0.15) is 363 Å². The number of unbranched alkanes of at least 4 members (excludes halogenated alkanes) is 38. The number of phosphoric ester groups is 2. The Balaban J connectivity index is 5.23. The van der Waals surface area contributed by atoms with E-state index in [1.165, 1.54) is 167 Å². The highest BCUT2D eigenvalue weighted by Crippen LogP contribution is 2.45. The van der Waals surface area contributed by atoms with Gasteiger partial charge in [0.2, 0.25) is 0 Å².